The number of esters is 1. The van der Waals surface area contributed by atoms with E-state index in [2.05, 4.69) is 88.7 Å². The van der Waals surface area contributed by atoms with Gasteiger partial charge in [-0.25, -0.2) is 4.79 Å². The van der Waals surface area contributed by atoms with E-state index in [0.717, 1.165) is 52.0 Å². The fraction of sp³-hybridized carbons (Fsp3) is 0.133. The predicted molar refractivity (Wildman–Crippen MR) is 135 cm³/mol. The third-order valence-corrected chi connectivity index (χ3v) is 6.91. The van der Waals surface area contributed by atoms with E-state index in [1.54, 1.807) is 0 Å². The number of aryl methyl sites for hydroxylation is 2. The third kappa shape index (κ3) is 3.31. The van der Waals surface area contributed by atoms with Crippen molar-refractivity contribution in [3.63, 3.8) is 0 Å². The molecule has 0 spiro atoms. The molecule has 0 saturated carbocycles. The molecule has 35 heavy (non-hydrogen) atoms. The van der Waals surface area contributed by atoms with Gasteiger partial charge in [-0.15, -0.1) is 0 Å². The van der Waals surface area contributed by atoms with Crippen molar-refractivity contribution in [1.29, 1.82) is 0 Å². The largest absolute Gasteiger partial charge is 0.464 e. The van der Waals surface area contributed by atoms with Crippen LogP contribution in [0.1, 0.15) is 38.4 Å². The van der Waals surface area contributed by atoms with E-state index in [0.29, 0.717) is 5.69 Å². The second-order valence-electron chi connectivity index (χ2n) is 8.82. The monoisotopic (exact) mass is 459 g/mol. The summed E-state index contributed by atoms with van der Waals surface area (Å²) in [5.41, 5.74) is 7.27. The Morgan fingerprint density at radius 2 is 1.40 bits per heavy atom. The van der Waals surface area contributed by atoms with Crippen molar-refractivity contribution in [2.45, 2.75) is 18.4 Å². The Kier molecular flexibility index (Phi) is 5.10. The van der Waals surface area contributed by atoms with Crippen LogP contribution in [0.4, 0.5) is 0 Å². The molecule has 0 fully saturated rings. The van der Waals surface area contributed by atoms with Gasteiger partial charge >= 0.3 is 5.97 Å². The van der Waals surface area contributed by atoms with Crippen molar-refractivity contribution < 1.29 is 9.53 Å². The maximum Gasteiger partial charge on any atom is 0.354 e. The Hall–Kier alpha value is -4.38. The number of benzene rings is 3. The molecule has 1 aliphatic carbocycles. The van der Waals surface area contributed by atoms with Crippen molar-refractivity contribution in [2.24, 2.45) is 0 Å². The summed E-state index contributed by atoms with van der Waals surface area (Å²) in [6, 6.07) is 33.4. The fourth-order valence-corrected chi connectivity index (χ4v) is 5.32. The Labute approximate surface area is 204 Å². The minimum atomic E-state index is -0.668. The van der Waals surface area contributed by atoms with Gasteiger partial charge in [-0.3, -0.25) is 4.68 Å². The molecule has 5 nitrogen and oxygen atoms in total. The van der Waals surface area contributed by atoms with Crippen LogP contribution in [0.3, 0.4) is 0 Å². The highest BCUT2D eigenvalue weighted by atomic mass is 16.5. The zero-order valence-electron chi connectivity index (χ0n) is 19.4. The molecular weight excluding hydrogens is 434 g/mol. The van der Waals surface area contributed by atoms with Gasteiger partial charge in [0.15, 0.2) is 0 Å². The normalized spacial score (nSPS) is 12.6. The van der Waals surface area contributed by atoms with Crippen LogP contribution >= 0.6 is 0 Å². The fourth-order valence-electron chi connectivity index (χ4n) is 5.32. The van der Waals surface area contributed by atoms with Crippen LogP contribution in [-0.4, -0.2) is 27.8 Å². The maximum absolute atomic E-state index is 12.2. The van der Waals surface area contributed by atoms with Crippen molar-refractivity contribution >= 4 is 5.97 Å². The lowest BCUT2D eigenvalue weighted by molar-refractivity contribution is 0.0595. The van der Waals surface area contributed by atoms with Gasteiger partial charge < -0.3 is 9.72 Å². The standard InChI is InChI=1S/C30H25N3O2/c1-35-29(34)27-19-21-17-18-26-25(28(21)31-27)20-33(32-26)30(22-11-5-2-6-12-22,23-13-7-3-8-14-23)24-15-9-4-10-16-24/h2-16,19-20,31H,17-18H2,1H3. The van der Waals surface area contributed by atoms with Gasteiger partial charge in [0.05, 0.1) is 18.5 Å². The van der Waals surface area contributed by atoms with Gasteiger partial charge in [-0.1, -0.05) is 91.0 Å². The summed E-state index contributed by atoms with van der Waals surface area (Å²) in [5.74, 6) is -0.361. The number of aromatic amines is 1. The molecule has 2 heterocycles. The quantitative estimate of drug-likeness (QED) is 0.275. The number of carbonyl (C=O) groups is 1. The summed E-state index contributed by atoms with van der Waals surface area (Å²) in [5, 5.41) is 5.21. The lowest BCUT2D eigenvalue weighted by Crippen LogP contribution is -2.38. The van der Waals surface area contributed by atoms with E-state index in [1.807, 2.05) is 24.3 Å². The first-order chi connectivity index (χ1) is 17.2. The molecule has 0 aliphatic heterocycles. The van der Waals surface area contributed by atoms with E-state index < -0.39 is 5.54 Å². The van der Waals surface area contributed by atoms with Gasteiger partial charge in [0.2, 0.25) is 0 Å². The van der Waals surface area contributed by atoms with Crippen LogP contribution in [-0.2, 0) is 23.1 Å². The summed E-state index contributed by atoms with van der Waals surface area (Å²) in [7, 11) is 1.40. The number of carbonyl (C=O) groups excluding carboxylic acids is 1. The van der Waals surface area contributed by atoms with Crippen molar-refractivity contribution in [2.75, 3.05) is 7.11 Å². The Morgan fingerprint density at radius 1 is 0.857 bits per heavy atom. The number of hydrogen-bond donors (Lipinski definition) is 1. The highest BCUT2D eigenvalue weighted by molar-refractivity contribution is 5.89. The number of H-pyrrole nitrogens is 1. The summed E-state index contributed by atoms with van der Waals surface area (Å²) >= 11 is 0. The number of aromatic nitrogens is 3. The third-order valence-electron chi connectivity index (χ3n) is 6.91. The molecule has 0 atom stereocenters. The molecule has 172 valence electrons. The van der Waals surface area contributed by atoms with E-state index in [9.17, 15) is 4.79 Å². The number of nitrogens with zero attached hydrogens (tertiary/aromatic N) is 2. The minimum absolute atomic E-state index is 0.361. The molecule has 0 bridgehead atoms. The second kappa shape index (κ2) is 8.44. The van der Waals surface area contributed by atoms with Crippen LogP contribution in [0.15, 0.2) is 103 Å². The lowest BCUT2D eigenvalue weighted by atomic mass is 9.77. The van der Waals surface area contributed by atoms with Crippen LogP contribution in [0.2, 0.25) is 0 Å². The highest BCUT2D eigenvalue weighted by Crippen LogP contribution is 2.43. The molecule has 0 unspecified atom stereocenters. The summed E-state index contributed by atoms with van der Waals surface area (Å²) in [4.78, 5) is 15.5. The molecule has 0 radical (unpaired) electrons. The molecule has 0 amide bonds. The first-order valence-electron chi connectivity index (χ1n) is 11.8. The van der Waals surface area contributed by atoms with Gasteiger partial charge in [-0.2, -0.15) is 5.10 Å². The number of fused-ring (bicyclic) bond motifs is 3. The Morgan fingerprint density at radius 3 is 1.91 bits per heavy atom. The maximum atomic E-state index is 12.2. The van der Waals surface area contributed by atoms with Crippen molar-refractivity contribution in [3.05, 3.63) is 137 Å². The van der Waals surface area contributed by atoms with E-state index in [1.165, 1.54) is 7.11 Å². The summed E-state index contributed by atoms with van der Waals surface area (Å²) in [6.45, 7) is 0. The molecule has 5 heteroatoms. The second-order valence-corrected chi connectivity index (χ2v) is 8.82. The molecule has 2 aromatic heterocycles. The van der Waals surface area contributed by atoms with Crippen molar-refractivity contribution in [1.82, 2.24) is 14.8 Å². The highest BCUT2D eigenvalue weighted by Gasteiger charge is 2.40. The molecule has 1 N–H and O–H groups in total. The molecule has 5 aromatic rings. The van der Waals surface area contributed by atoms with Gasteiger partial charge in [-0.05, 0) is 41.2 Å². The molecule has 6 rings (SSSR count). The summed E-state index contributed by atoms with van der Waals surface area (Å²) in [6.07, 6.45) is 3.75. The molecular formula is C30H25N3O2. The number of methoxy groups -OCH3 is 1. The van der Waals surface area contributed by atoms with Gasteiger partial charge in [0, 0.05) is 11.8 Å². The number of ether oxygens (including phenoxy) is 1. The SMILES string of the molecule is COC(=O)c1cc2c([nH]1)-c1cn(C(c3ccccc3)(c3ccccc3)c3ccccc3)nc1CC2. The number of nitrogens with one attached hydrogen (secondary N) is 1. The topological polar surface area (TPSA) is 59.9 Å². The minimum Gasteiger partial charge on any atom is -0.464 e. The van der Waals surface area contributed by atoms with Crippen LogP contribution in [0, 0.1) is 0 Å². The van der Waals surface area contributed by atoms with Crippen LogP contribution in [0.25, 0.3) is 11.3 Å². The average molecular weight is 460 g/mol. The zero-order valence-corrected chi connectivity index (χ0v) is 19.4. The average Bonchev–Trinajstić information content (AvgIpc) is 3.55. The van der Waals surface area contributed by atoms with E-state index >= 15 is 0 Å². The Balaban J connectivity index is 1.63. The zero-order chi connectivity index (χ0) is 23.8. The number of rotatable bonds is 5. The first-order valence-corrected chi connectivity index (χ1v) is 11.8. The van der Waals surface area contributed by atoms with Crippen LogP contribution < -0.4 is 0 Å². The predicted octanol–water partition coefficient (Wildman–Crippen LogP) is 5.60. The summed E-state index contributed by atoms with van der Waals surface area (Å²) < 4.78 is 7.05. The Bertz CT molecular complexity index is 1390. The van der Waals surface area contributed by atoms with Gasteiger partial charge in [0.1, 0.15) is 11.2 Å². The molecule has 3 aromatic carbocycles. The van der Waals surface area contributed by atoms with Crippen molar-refractivity contribution in [3.8, 4) is 11.3 Å². The van der Waals surface area contributed by atoms with Gasteiger partial charge in [0.25, 0.3) is 0 Å². The smallest absolute Gasteiger partial charge is 0.354 e. The first kappa shape index (κ1) is 21.2. The molecule has 0 saturated heterocycles. The van der Waals surface area contributed by atoms with E-state index in [4.69, 9.17) is 9.84 Å². The van der Waals surface area contributed by atoms with Crippen LogP contribution in [0.5, 0.6) is 0 Å². The van der Waals surface area contributed by atoms with E-state index in [-0.39, 0.29) is 5.97 Å². The molecule has 1 aliphatic rings. The number of hydrogen-bond acceptors (Lipinski definition) is 3. The lowest BCUT2D eigenvalue weighted by Gasteiger charge is -2.36.